The van der Waals surface area contributed by atoms with E-state index in [9.17, 15) is 0 Å². The summed E-state index contributed by atoms with van der Waals surface area (Å²) in [6.45, 7) is 11.4. The first kappa shape index (κ1) is 21.6. The first-order valence-electron chi connectivity index (χ1n) is 10.5. The predicted octanol–water partition coefficient (Wildman–Crippen LogP) is 3.30. The van der Waals surface area contributed by atoms with Crippen molar-refractivity contribution in [2.24, 2.45) is 10.9 Å². The Morgan fingerprint density at radius 3 is 3.07 bits per heavy atom. The van der Waals surface area contributed by atoms with Gasteiger partial charge < -0.3 is 20.3 Å². The molecule has 2 N–H and O–H groups in total. The minimum Gasteiger partial charge on any atom is -0.375 e. The zero-order valence-electron chi connectivity index (χ0n) is 17.7. The molecule has 0 bridgehead atoms. The largest absolute Gasteiger partial charge is 0.375 e. The van der Waals surface area contributed by atoms with Crippen molar-refractivity contribution in [3.8, 4) is 0 Å². The van der Waals surface area contributed by atoms with E-state index >= 15 is 0 Å². The lowest BCUT2D eigenvalue weighted by Gasteiger charge is -2.32. The number of hydrogen-bond donors (Lipinski definition) is 2. The summed E-state index contributed by atoms with van der Waals surface area (Å²) in [7, 11) is 0. The van der Waals surface area contributed by atoms with Crippen molar-refractivity contribution in [2.45, 2.75) is 39.8 Å². The molecule has 0 amide bonds. The van der Waals surface area contributed by atoms with Crippen LogP contribution in [0.1, 0.15) is 31.2 Å². The molecule has 0 radical (unpaired) electrons. The number of guanidine groups is 1. The van der Waals surface area contributed by atoms with Crippen LogP contribution in [0.15, 0.2) is 40.8 Å². The van der Waals surface area contributed by atoms with E-state index in [1.165, 1.54) is 4.88 Å². The van der Waals surface area contributed by atoms with Crippen LogP contribution in [0.25, 0.3) is 0 Å². The molecule has 0 aromatic carbocycles. The molecule has 1 fully saturated rings. The lowest BCUT2D eigenvalue weighted by atomic mass is 10.1. The fourth-order valence-electron chi connectivity index (χ4n) is 3.39. The molecule has 2 unspecified atom stereocenters. The number of thiophene rings is 1. The Morgan fingerprint density at radius 1 is 1.41 bits per heavy atom. The van der Waals surface area contributed by atoms with Crippen LogP contribution in [0.4, 0.5) is 5.82 Å². The van der Waals surface area contributed by atoms with E-state index in [2.05, 4.69) is 64.9 Å². The Kier molecular flexibility index (Phi) is 8.31. The van der Waals surface area contributed by atoms with Crippen molar-refractivity contribution in [3.63, 3.8) is 0 Å². The van der Waals surface area contributed by atoms with Gasteiger partial charge in [-0.3, -0.25) is 0 Å². The van der Waals surface area contributed by atoms with Gasteiger partial charge in [0.2, 0.25) is 0 Å². The third-order valence-electron chi connectivity index (χ3n) is 4.89. The highest BCUT2D eigenvalue weighted by atomic mass is 32.1. The number of nitrogens with zero attached hydrogens (tertiary/aromatic N) is 3. The van der Waals surface area contributed by atoms with Crippen molar-refractivity contribution in [1.82, 2.24) is 15.6 Å². The van der Waals surface area contributed by atoms with Gasteiger partial charge in [0.05, 0.1) is 19.3 Å². The fourth-order valence-corrected chi connectivity index (χ4v) is 4.26. The van der Waals surface area contributed by atoms with Gasteiger partial charge in [-0.1, -0.05) is 13.0 Å². The Bertz CT molecular complexity index is 764. The van der Waals surface area contributed by atoms with Crippen LogP contribution in [0.2, 0.25) is 0 Å². The van der Waals surface area contributed by atoms with Gasteiger partial charge in [0, 0.05) is 37.3 Å². The number of hydrogen-bond acceptors (Lipinski definition) is 5. The summed E-state index contributed by atoms with van der Waals surface area (Å²) in [6, 6.07) is 8.51. The van der Waals surface area contributed by atoms with Gasteiger partial charge in [0.15, 0.2) is 5.96 Å². The molecule has 29 heavy (non-hydrogen) atoms. The van der Waals surface area contributed by atoms with Crippen molar-refractivity contribution < 1.29 is 4.74 Å². The third-order valence-corrected chi connectivity index (χ3v) is 5.79. The summed E-state index contributed by atoms with van der Waals surface area (Å²) in [5.41, 5.74) is 1.16. The van der Waals surface area contributed by atoms with E-state index in [1.54, 1.807) is 0 Å². The van der Waals surface area contributed by atoms with Crippen LogP contribution in [0.5, 0.6) is 0 Å². The van der Waals surface area contributed by atoms with Gasteiger partial charge >= 0.3 is 0 Å². The summed E-state index contributed by atoms with van der Waals surface area (Å²) in [4.78, 5) is 13.0. The van der Waals surface area contributed by atoms with Gasteiger partial charge in [-0.05, 0) is 55.3 Å². The highest BCUT2D eigenvalue weighted by Crippen LogP contribution is 2.17. The average molecular weight is 416 g/mol. The maximum Gasteiger partial charge on any atom is 0.191 e. The van der Waals surface area contributed by atoms with Gasteiger partial charge in [0.1, 0.15) is 5.82 Å². The topological polar surface area (TPSA) is 61.8 Å². The number of aliphatic imine (C=N–C) groups is 1. The molecule has 0 aliphatic carbocycles. The number of pyridine rings is 1. The summed E-state index contributed by atoms with van der Waals surface area (Å²) < 4.78 is 5.64. The normalized spacial score (nSPS) is 18.5. The van der Waals surface area contributed by atoms with E-state index in [0.717, 1.165) is 56.5 Å². The van der Waals surface area contributed by atoms with Crippen LogP contribution in [-0.2, 0) is 17.7 Å². The molecule has 2 aromatic heterocycles. The molecular formula is C22H33N5OS. The Labute approximate surface area is 178 Å². The predicted molar refractivity (Wildman–Crippen MR) is 122 cm³/mol. The Morgan fingerprint density at radius 2 is 2.31 bits per heavy atom. The molecule has 1 aliphatic heterocycles. The van der Waals surface area contributed by atoms with Gasteiger partial charge in [0.25, 0.3) is 0 Å². The third kappa shape index (κ3) is 7.01. The van der Waals surface area contributed by atoms with Crippen molar-refractivity contribution >= 4 is 23.1 Å². The lowest BCUT2D eigenvalue weighted by molar-refractivity contribution is 0.0529. The van der Waals surface area contributed by atoms with E-state index in [1.807, 2.05) is 23.6 Å². The van der Waals surface area contributed by atoms with Crippen molar-refractivity contribution in [2.75, 3.05) is 37.7 Å². The average Bonchev–Trinajstić information content (AvgIpc) is 3.23. The van der Waals surface area contributed by atoms with Gasteiger partial charge in [-0.15, -0.1) is 11.3 Å². The van der Waals surface area contributed by atoms with Crippen molar-refractivity contribution in [1.29, 1.82) is 0 Å². The summed E-state index contributed by atoms with van der Waals surface area (Å²) in [6.07, 6.45) is 3.22. The molecule has 2 atom stereocenters. The van der Waals surface area contributed by atoms with Crippen LogP contribution < -0.4 is 15.5 Å². The van der Waals surface area contributed by atoms with Crippen LogP contribution >= 0.6 is 11.3 Å². The summed E-state index contributed by atoms with van der Waals surface area (Å²) >= 11 is 1.83. The highest BCUT2D eigenvalue weighted by molar-refractivity contribution is 7.09. The number of rotatable bonds is 8. The van der Waals surface area contributed by atoms with Crippen LogP contribution in [-0.4, -0.2) is 49.8 Å². The summed E-state index contributed by atoms with van der Waals surface area (Å²) in [5.74, 6) is 2.42. The van der Waals surface area contributed by atoms with Gasteiger partial charge in [-0.2, -0.15) is 0 Å². The number of aromatic nitrogens is 1. The first-order valence-corrected chi connectivity index (χ1v) is 11.4. The van der Waals surface area contributed by atoms with E-state index < -0.39 is 0 Å². The summed E-state index contributed by atoms with van der Waals surface area (Å²) in [5, 5.41) is 8.98. The molecule has 2 aromatic rings. The number of nitrogens with one attached hydrogen (secondary N) is 2. The minimum atomic E-state index is 0.243. The lowest BCUT2D eigenvalue weighted by Crippen LogP contribution is -2.41. The van der Waals surface area contributed by atoms with E-state index in [-0.39, 0.29) is 6.10 Å². The van der Waals surface area contributed by atoms with Crippen molar-refractivity contribution in [3.05, 3.63) is 46.3 Å². The SMILES string of the molecule is CCNC(=NCc1ccnc(N2CCOC(C)C2)c1)NCC(C)Cc1cccs1. The quantitative estimate of drug-likeness (QED) is 0.512. The second kappa shape index (κ2) is 11.2. The molecule has 3 heterocycles. The molecule has 0 spiro atoms. The molecule has 0 saturated carbocycles. The zero-order valence-corrected chi connectivity index (χ0v) is 18.5. The molecule has 6 nitrogen and oxygen atoms in total. The molecular weight excluding hydrogens is 382 g/mol. The second-order valence-corrected chi connectivity index (χ2v) is 8.65. The highest BCUT2D eigenvalue weighted by Gasteiger charge is 2.18. The Hall–Kier alpha value is -2.12. The zero-order chi connectivity index (χ0) is 20.5. The minimum absolute atomic E-state index is 0.243. The number of morpholine rings is 1. The molecule has 7 heteroatoms. The van der Waals surface area contributed by atoms with E-state index in [4.69, 9.17) is 9.73 Å². The van der Waals surface area contributed by atoms with Gasteiger partial charge in [-0.25, -0.2) is 9.98 Å². The number of anilines is 1. The second-order valence-electron chi connectivity index (χ2n) is 7.61. The molecule has 1 aliphatic rings. The standard InChI is InChI=1S/C22H33N5OS/c1-4-23-22(25-14-17(2)12-20-6-5-11-29-20)26-15-19-7-8-24-21(13-19)27-9-10-28-18(3)16-27/h5-8,11,13,17-18H,4,9-10,12,14-16H2,1-3H3,(H2,23,25,26). The van der Waals surface area contributed by atoms with Crippen LogP contribution in [0, 0.1) is 5.92 Å². The molecule has 158 valence electrons. The van der Waals surface area contributed by atoms with Crippen LogP contribution in [0.3, 0.4) is 0 Å². The first-order chi connectivity index (χ1) is 14.1. The smallest absolute Gasteiger partial charge is 0.191 e. The number of ether oxygens (including phenoxy) is 1. The monoisotopic (exact) mass is 415 g/mol. The Balaban J connectivity index is 1.55. The maximum atomic E-state index is 5.64. The molecule has 3 rings (SSSR count). The van der Waals surface area contributed by atoms with E-state index in [0.29, 0.717) is 12.5 Å². The maximum absolute atomic E-state index is 5.64. The fraction of sp³-hybridized carbons (Fsp3) is 0.545. The molecule has 1 saturated heterocycles.